The molecule has 0 spiro atoms. The van der Waals surface area contributed by atoms with Crippen LogP contribution in [0.4, 0.5) is 0 Å². The van der Waals surface area contributed by atoms with E-state index in [1.165, 1.54) is 0 Å². The van der Waals surface area contributed by atoms with E-state index in [1.807, 2.05) is 5.32 Å². The molecule has 0 atom stereocenters. The highest BCUT2D eigenvalue weighted by atomic mass is 31.2. The van der Waals surface area contributed by atoms with Gasteiger partial charge in [-0.2, -0.15) is 0 Å². The van der Waals surface area contributed by atoms with Crippen molar-refractivity contribution in [1.82, 2.24) is 5.32 Å². The zero-order valence-corrected chi connectivity index (χ0v) is 9.23. The molecule has 9 heteroatoms. The molecule has 0 aliphatic carbocycles. The Hall–Kier alpha value is -0.500. The van der Waals surface area contributed by atoms with E-state index in [0.717, 1.165) is 14.2 Å². The van der Waals surface area contributed by atoms with Crippen molar-refractivity contribution in [3.05, 3.63) is 0 Å². The van der Waals surface area contributed by atoms with Crippen LogP contribution in [0.2, 0.25) is 0 Å². The summed E-state index contributed by atoms with van der Waals surface area (Å²) in [4.78, 5) is 29.0. The Morgan fingerprint density at radius 3 is 2.13 bits per heavy atom. The van der Waals surface area contributed by atoms with Crippen LogP contribution in [0, 0.1) is 0 Å². The van der Waals surface area contributed by atoms with E-state index in [2.05, 4.69) is 9.47 Å². The molecule has 0 aromatic rings. The number of aliphatic hydroxyl groups is 1. The number of nitrogens with one attached hydrogen (secondary N) is 1. The third-order valence-corrected chi connectivity index (χ3v) is 3.15. The molecule has 0 bridgehead atoms. The van der Waals surface area contributed by atoms with Gasteiger partial charge in [0, 0.05) is 14.2 Å². The normalized spacial score (nSPS) is 12.6. The van der Waals surface area contributed by atoms with Gasteiger partial charge in [0.2, 0.25) is 5.91 Å². The Kier molecular flexibility index (Phi) is 5.36. The molecule has 15 heavy (non-hydrogen) atoms. The molecule has 0 aliphatic heterocycles. The molecular formula is C6H14NO7P. The molecule has 0 fully saturated rings. The highest BCUT2D eigenvalue weighted by molar-refractivity contribution is 7.53. The van der Waals surface area contributed by atoms with E-state index in [1.54, 1.807) is 0 Å². The fourth-order valence-electron chi connectivity index (χ4n) is 0.922. The Labute approximate surface area is 86.3 Å². The number of rotatable bonds is 6. The summed E-state index contributed by atoms with van der Waals surface area (Å²) < 4.78 is 20.1. The summed E-state index contributed by atoms with van der Waals surface area (Å²) in [5.74, 6) is -0.801. The molecule has 8 nitrogen and oxygen atoms in total. The molecule has 0 aromatic carbocycles. The first-order valence-electron chi connectivity index (χ1n) is 3.86. The second-order valence-corrected chi connectivity index (χ2v) is 4.37. The minimum Gasteiger partial charge on any atom is -0.377 e. The lowest BCUT2D eigenvalue weighted by Gasteiger charge is -2.30. The summed E-state index contributed by atoms with van der Waals surface area (Å²) in [5, 5.41) is 10.3. The van der Waals surface area contributed by atoms with Gasteiger partial charge in [0.05, 0.1) is 6.42 Å². The van der Waals surface area contributed by atoms with Gasteiger partial charge in [-0.05, 0) is 0 Å². The van der Waals surface area contributed by atoms with Gasteiger partial charge in [0.25, 0.3) is 5.53 Å². The lowest BCUT2D eigenvalue weighted by atomic mass is 10.4. The summed E-state index contributed by atoms with van der Waals surface area (Å²) in [7, 11) is -2.75. The van der Waals surface area contributed by atoms with Crippen molar-refractivity contribution in [2.24, 2.45) is 0 Å². The Morgan fingerprint density at radius 1 is 1.40 bits per heavy atom. The minimum atomic E-state index is -4.77. The van der Waals surface area contributed by atoms with Crippen molar-refractivity contribution >= 4 is 13.5 Å². The highest BCUT2D eigenvalue weighted by Crippen LogP contribution is 2.53. The lowest BCUT2D eigenvalue weighted by molar-refractivity contribution is -0.168. The van der Waals surface area contributed by atoms with E-state index in [-0.39, 0.29) is 0 Å². The summed E-state index contributed by atoms with van der Waals surface area (Å²) in [6.07, 6.45) is -0.717. The standard InChI is InChI=1S/C6H14NO7P/c1-13-6(14-2,15(10,11)12)3-5(9)7-4-8/h8H,3-4H2,1-2H3,(H,7,9)(H2,10,11,12). The smallest absolute Gasteiger partial charge is 0.377 e. The van der Waals surface area contributed by atoms with E-state index in [4.69, 9.17) is 14.9 Å². The first kappa shape index (κ1) is 14.5. The number of hydrogen-bond donors (Lipinski definition) is 4. The van der Waals surface area contributed by atoms with Crippen LogP contribution in [-0.4, -0.2) is 47.3 Å². The molecule has 90 valence electrons. The SMILES string of the molecule is COC(CC(=O)NCO)(OC)P(=O)(O)O. The number of aliphatic hydroxyl groups excluding tert-OH is 1. The molecule has 0 rings (SSSR count). The van der Waals surface area contributed by atoms with Crippen molar-refractivity contribution < 1.29 is 33.7 Å². The maximum Gasteiger partial charge on any atom is 0.385 e. The highest BCUT2D eigenvalue weighted by Gasteiger charge is 2.50. The number of carbonyl (C=O) groups is 1. The second-order valence-electron chi connectivity index (χ2n) is 2.60. The molecule has 0 saturated carbocycles. The maximum absolute atomic E-state index is 11.1. The van der Waals surface area contributed by atoms with Crippen molar-refractivity contribution in [2.45, 2.75) is 11.9 Å². The number of methoxy groups -OCH3 is 2. The molecular weight excluding hydrogens is 229 g/mol. The number of carbonyl (C=O) groups excluding carboxylic acids is 1. The van der Waals surface area contributed by atoms with Crippen LogP contribution in [0.15, 0.2) is 0 Å². The Morgan fingerprint density at radius 2 is 1.87 bits per heavy atom. The minimum absolute atomic E-state index is 0.635. The Bertz CT molecular complexity index is 258. The molecule has 0 unspecified atom stereocenters. The third-order valence-electron chi connectivity index (χ3n) is 1.74. The summed E-state index contributed by atoms with van der Waals surface area (Å²) in [6.45, 7) is -0.635. The van der Waals surface area contributed by atoms with Crippen molar-refractivity contribution in [3.63, 3.8) is 0 Å². The predicted octanol–water partition coefficient (Wildman–Crippen LogP) is -1.43. The van der Waals surface area contributed by atoms with Gasteiger partial charge in [-0.15, -0.1) is 0 Å². The van der Waals surface area contributed by atoms with Crippen molar-refractivity contribution in [1.29, 1.82) is 0 Å². The fourth-order valence-corrected chi connectivity index (χ4v) is 1.75. The number of ether oxygens (including phenoxy) is 2. The van der Waals surface area contributed by atoms with E-state index in [0.29, 0.717) is 0 Å². The zero-order valence-electron chi connectivity index (χ0n) is 8.34. The first-order valence-corrected chi connectivity index (χ1v) is 5.47. The Balaban J connectivity index is 4.81. The van der Waals surface area contributed by atoms with Gasteiger partial charge in [0.15, 0.2) is 0 Å². The average Bonchev–Trinajstić information content (AvgIpc) is 2.12. The van der Waals surface area contributed by atoms with Crippen LogP contribution >= 0.6 is 7.60 Å². The largest absolute Gasteiger partial charge is 0.385 e. The van der Waals surface area contributed by atoms with Crippen molar-refractivity contribution in [3.8, 4) is 0 Å². The van der Waals surface area contributed by atoms with Gasteiger partial charge >= 0.3 is 7.60 Å². The van der Waals surface area contributed by atoms with E-state index >= 15 is 0 Å². The predicted molar refractivity (Wildman–Crippen MR) is 48.6 cm³/mol. The van der Waals surface area contributed by atoms with Gasteiger partial charge in [-0.3, -0.25) is 9.36 Å². The van der Waals surface area contributed by atoms with Crippen LogP contribution < -0.4 is 5.32 Å². The van der Waals surface area contributed by atoms with Crippen LogP contribution in [0.25, 0.3) is 0 Å². The molecule has 0 saturated heterocycles. The molecule has 4 N–H and O–H groups in total. The lowest BCUT2D eigenvalue weighted by Crippen LogP contribution is -2.40. The summed E-state index contributed by atoms with van der Waals surface area (Å²) in [6, 6.07) is 0. The van der Waals surface area contributed by atoms with Gasteiger partial charge in [-0.25, -0.2) is 0 Å². The van der Waals surface area contributed by atoms with Gasteiger partial charge in [-0.1, -0.05) is 0 Å². The van der Waals surface area contributed by atoms with Crippen LogP contribution in [0.5, 0.6) is 0 Å². The van der Waals surface area contributed by atoms with Gasteiger partial charge < -0.3 is 29.7 Å². The molecule has 0 aliphatic rings. The van der Waals surface area contributed by atoms with Gasteiger partial charge in [0.1, 0.15) is 6.73 Å². The third kappa shape index (κ3) is 3.53. The molecule has 0 aromatic heterocycles. The fraction of sp³-hybridized carbons (Fsp3) is 0.833. The monoisotopic (exact) mass is 243 g/mol. The molecule has 1 amide bonds. The molecule has 0 radical (unpaired) electrons. The second kappa shape index (κ2) is 5.55. The van der Waals surface area contributed by atoms with E-state index < -0.39 is 32.2 Å². The van der Waals surface area contributed by atoms with Crippen molar-refractivity contribution in [2.75, 3.05) is 21.0 Å². The van der Waals surface area contributed by atoms with Crippen LogP contribution in [0.3, 0.4) is 0 Å². The van der Waals surface area contributed by atoms with Crippen LogP contribution in [-0.2, 0) is 18.8 Å². The number of amides is 1. The molecule has 0 heterocycles. The quantitative estimate of drug-likeness (QED) is 0.332. The summed E-state index contributed by atoms with van der Waals surface area (Å²) in [5.41, 5.74) is -2.31. The topological polar surface area (TPSA) is 125 Å². The number of hydrogen-bond acceptors (Lipinski definition) is 5. The zero-order chi connectivity index (χ0) is 12.1. The first-order chi connectivity index (χ1) is 6.83. The van der Waals surface area contributed by atoms with Crippen LogP contribution in [0.1, 0.15) is 6.42 Å². The maximum atomic E-state index is 11.1. The van der Waals surface area contributed by atoms with E-state index in [9.17, 15) is 9.36 Å². The summed E-state index contributed by atoms with van der Waals surface area (Å²) >= 11 is 0. The average molecular weight is 243 g/mol.